The van der Waals surface area contributed by atoms with Gasteiger partial charge in [0.2, 0.25) is 11.8 Å². The molecule has 6 heteroatoms. The summed E-state index contributed by atoms with van der Waals surface area (Å²) in [5.74, 6) is -1.46. The number of fused-ring (bicyclic) bond motifs is 1. The minimum absolute atomic E-state index is 0.139. The van der Waals surface area contributed by atoms with Crippen LogP contribution in [0.3, 0.4) is 0 Å². The number of para-hydroxylation sites is 1. The lowest BCUT2D eigenvalue weighted by atomic mass is 10.0. The van der Waals surface area contributed by atoms with Gasteiger partial charge in [-0.05, 0) is 35.7 Å². The highest BCUT2D eigenvalue weighted by atomic mass is 19.1. The van der Waals surface area contributed by atoms with Crippen LogP contribution >= 0.6 is 0 Å². The molecule has 2 amide bonds. The summed E-state index contributed by atoms with van der Waals surface area (Å²) >= 11 is 0. The molecule has 0 saturated heterocycles. The first kappa shape index (κ1) is 17.7. The van der Waals surface area contributed by atoms with Gasteiger partial charge in [-0.1, -0.05) is 30.3 Å². The van der Waals surface area contributed by atoms with E-state index >= 15 is 0 Å². The second-order valence-electron chi connectivity index (χ2n) is 6.07. The summed E-state index contributed by atoms with van der Waals surface area (Å²) in [5, 5.41) is 3.64. The van der Waals surface area contributed by atoms with Crippen molar-refractivity contribution in [1.82, 2.24) is 10.3 Å². The van der Waals surface area contributed by atoms with Crippen LogP contribution in [0.15, 0.2) is 54.7 Å². The zero-order chi connectivity index (χ0) is 18.5. The van der Waals surface area contributed by atoms with Crippen LogP contribution in [0, 0.1) is 12.2 Å². The zero-order valence-corrected chi connectivity index (χ0v) is 14.0. The van der Waals surface area contributed by atoms with Crippen molar-refractivity contribution >= 4 is 22.7 Å². The molecule has 0 aliphatic rings. The Balaban J connectivity index is 1.60. The van der Waals surface area contributed by atoms with Gasteiger partial charge >= 0.3 is 0 Å². The number of H-pyrrole nitrogens is 1. The Morgan fingerprint density at radius 3 is 2.77 bits per heavy atom. The molecule has 3 rings (SSSR count). The molecule has 133 valence electrons. The predicted octanol–water partition coefficient (Wildman–Crippen LogP) is 2.27. The van der Waals surface area contributed by atoms with E-state index in [1.54, 1.807) is 12.1 Å². The SMILES string of the molecule is NC(=O)[C@H](Cc1cccc(F)c1)NC(=O)[CH]Cc1c[nH]c2ccccc12. The third kappa shape index (κ3) is 4.27. The number of benzene rings is 2. The highest BCUT2D eigenvalue weighted by Gasteiger charge is 2.19. The maximum absolute atomic E-state index is 13.3. The molecule has 1 radical (unpaired) electrons. The largest absolute Gasteiger partial charge is 0.368 e. The molecule has 1 aromatic heterocycles. The van der Waals surface area contributed by atoms with Gasteiger partial charge in [0, 0.05) is 23.5 Å². The minimum atomic E-state index is -0.900. The van der Waals surface area contributed by atoms with Crippen molar-refractivity contribution in [3.8, 4) is 0 Å². The molecule has 0 fully saturated rings. The van der Waals surface area contributed by atoms with E-state index < -0.39 is 23.7 Å². The fourth-order valence-corrected chi connectivity index (χ4v) is 2.86. The smallest absolute Gasteiger partial charge is 0.240 e. The number of aromatic nitrogens is 1. The highest BCUT2D eigenvalue weighted by Crippen LogP contribution is 2.18. The molecule has 2 aromatic carbocycles. The zero-order valence-electron chi connectivity index (χ0n) is 14.0. The number of primary amides is 1. The Kier molecular flexibility index (Phi) is 5.31. The molecule has 5 nitrogen and oxygen atoms in total. The summed E-state index contributed by atoms with van der Waals surface area (Å²) in [5.41, 5.74) is 7.94. The van der Waals surface area contributed by atoms with E-state index in [-0.39, 0.29) is 6.42 Å². The summed E-state index contributed by atoms with van der Waals surface area (Å²) < 4.78 is 13.3. The van der Waals surface area contributed by atoms with E-state index in [4.69, 9.17) is 5.73 Å². The number of hydrogen-bond donors (Lipinski definition) is 3. The molecule has 0 spiro atoms. The lowest BCUT2D eigenvalue weighted by molar-refractivity contribution is -0.125. The van der Waals surface area contributed by atoms with Crippen molar-refractivity contribution in [3.63, 3.8) is 0 Å². The lowest BCUT2D eigenvalue weighted by Gasteiger charge is -2.15. The first-order valence-electron chi connectivity index (χ1n) is 8.25. The Hall–Kier alpha value is -3.15. The van der Waals surface area contributed by atoms with Crippen molar-refractivity contribution in [1.29, 1.82) is 0 Å². The van der Waals surface area contributed by atoms with Crippen molar-refractivity contribution in [3.05, 3.63) is 78.1 Å². The second kappa shape index (κ2) is 7.82. The summed E-state index contributed by atoms with van der Waals surface area (Å²) in [7, 11) is 0. The fraction of sp³-hybridized carbons (Fsp3) is 0.150. The standard InChI is InChI=1S/C20H19FN3O2/c21-15-5-3-4-13(10-15)11-18(20(22)26)24-19(25)9-8-14-12-23-17-7-2-1-6-16(14)17/h1-7,9-10,12,18,23H,8,11H2,(H2,22,26)(H,24,25)/t18-/m0/s1. The van der Waals surface area contributed by atoms with Crippen molar-refractivity contribution in [2.24, 2.45) is 5.73 Å². The van der Waals surface area contributed by atoms with Gasteiger partial charge in [0.25, 0.3) is 0 Å². The van der Waals surface area contributed by atoms with Gasteiger partial charge in [-0.25, -0.2) is 4.39 Å². The average Bonchev–Trinajstić information content (AvgIpc) is 3.02. The average molecular weight is 352 g/mol. The van der Waals surface area contributed by atoms with Crippen LogP contribution in [0.1, 0.15) is 11.1 Å². The van der Waals surface area contributed by atoms with Gasteiger partial charge in [-0.3, -0.25) is 9.59 Å². The Morgan fingerprint density at radius 1 is 1.19 bits per heavy atom. The molecule has 0 aliphatic heterocycles. The molecule has 0 aliphatic carbocycles. The number of nitrogens with two attached hydrogens (primary N) is 1. The number of aromatic amines is 1. The summed E-state index contributed by atoms with van der Waals surface area (Å²) in [6.45, 7) is 0. The van der Waals surface area contributed by atoms with E-state index in [1.165, 1.54) is 18.6 Å². The maximum atomic E-state index is 13.3. The van der Waals surface area contributed by atoms with Gasteiger partial charge in [-0.15, -0.1) is 0 Å². The predicted molar refractivity (Wildman–Crippen MR) is 97.5 cm³/mol. The minimum Gasteiger partial charge on any atom is -0.368 e. The molecule has 4 N–H and O–H groups in total. The second-order valence-corrected chi connectivity index (χ2v) is 6.07. The van der Waals surface area contributed by atoms with Gasteiger partial charge in [-0.2, -0.15) is 0 Å². The van der Waals surface area contributed by atoms with Crippen LogP contribution in [-0.2, 0) is 22.4 Å². The number of carbonyl (C=O) groups excluding carboxylic acids is 2. The molecule has 26 heavy (non-hydrogen) atoms. The van der Waals surface area contributed by atoms with Gasteiger partial charge in [0.15, 0.2) is 0 Å². The molecule has 1 atom stereocenters. The molecule has 1 heterocycles. The Bertz CT molecular complexity index is 935. The fourth-order valence-electron chi connectivity index (χ4n) is 2.86. The van der Waals surface area contributed by atoms with E-state index in [1.807, 2.05) is 30.5 Å². The number of carbonyl (C=O) groups is 2. The number of amides is 2. The van der Waals surface area contributed by atoms with E-state index in [9.17, 15) is 14.0 Å². The summed E-state index contributed by atoms with van der Waals surface area (Å²) in [6.07, 6.45) is 3.88. The Morgan fingerprint density at radius 2 is 2.00 bits per heavy atom. The number of halogens is 1. The monoisotopic (exact) mass is 352 g/mol. The first-order valence-corrected chi connectivity index (χ1v) is 8.25. The third-order valence-electron chi connectivity index (χ3n) is 4.17. The topological polar surface area (TPSA) is 88.0 Å². The molecule has 0 unspecified atom stereocenters. The molecule has 0 saturated carbocycles. The van der Waals surface area contributed by atoms with Gasteiger partial charge in [0.05, 0.1) is 6.42 Å². The Labute approximate surface area is 150 Å². The molecular weight excluding hydrogens is 333 g/mol. The summed E-state index contributed by atoms with van der Waals surface area (Å²) in [4.78, 5) is 27.0. The first-order chi connectivity index (χ1) is 12.5. The normalized spacial score (nSPS) is 12.0. The van der Waals surface area contributed by atoms with Crippen molar-refractivity contribution < 1.29 is 14.0 Å². The van der Waals surface area contributed by atoms with Crippen LogP contribution in [0.2, 0.25) is 0 Å². The van der Waals surface area contributed by atoms with Crippen LogP contribution < -0.4 is 11.1 Å². The van der Waals surface area contributed by atoms with Crippen molar-refractivity contribution in [2.75, 3.05) is 0 Å². The van der Waals surface area contributed by atoms with E-state index in [0.717, 1.165) is 16.5 Å². The van der Waals surface area contributed by atoms with Crippen LogP contribution in [-0.4, -0.2) is 22.8 Å². The van der Waals surface area contributed by atoms with Crippen LogP contribution in [0.5, 0.6) is 0 Å². The molecule has 0 bridgehead atoms. The van der Waals surface area contributed by atoms with Gasteiger partial charge < -0.3 is 16.0 Å². The maximum Gasteiger partial charge on any atom is 0.240 e. The van der Waals surface area contributed by atoms with Crippen LogP contribution in [0.4, 0.5) is 4.39 Å². The van der Waals surface area contributed by atoms with Crippen LogP contribution in [0.25, 0.3) is 10.9 Å². The van der Waals surface area contributed by atoms with E-state index in [2.05, 4.69) is 10.3 Å². The number of rotatable bonds is 7. The number of hydrogen-bond acceptors (Lipinski definition) is 2. The third-order valence-corrected chi connectivity index (χ3v) is 4.17. The highest BCUT2D eigenvalue weighted by molar-refractivity contribution is 5.92. The van der Waals surface area contributed by atoms with Gasteiger partial charge in [0.1, 0.15) is 11.9 Å². The van der Waals surface area contributed by atoms with Crippen molar-refractivity contribution in [2.45, 2.75) is 18.9 Å². The summed E-state index contributed by atoms with van der Waals surface area (Å²) in [6, 6.07) is 12.8. The van der Waals surface area contributed by atoms with E-state index in [0.29, 0.717) is 12.0 Å². The number of nitrogens with one attached hydrogen (secondary N) is 2. The quantitative estimate of drug-likeness (QED) is 0.609. The molecule has 3 aromatic rings. The molecular formula is C20H19FN3O2. The lowest BCUT2D eigenvalue weighted by Crippen LogP contribution is -2.46.